The second-order valence-corrected chi connectivity index (χ2v) is 6.39. The summed E-state index contributed by atoms with van der Waals surface area (Å²) in [7, 11) is 0. The van der Waals surface area contributed by atoms with Crippen LogP contribution in [0.2, 0.25) is 5.28 Å². The van der Waals surface area contributed by atoms with Gasteiger partial charge >= 0.3 is 0 Å². The van der Waals surface area contributed by atoms with Crippen molar-refractivity contribution in [1.29, 1.82) is 0 Å². The van der Waals surface area contributed by atoms with Gasteiger partial charge in [-0.2, -0.15) is 9.97 Å². The number of hydrogen-bond acceptors (Lipinski definition) is 8. The Kier molecular flexibility index (Phi) is 3.26. The molecule has 3 N–H and O–H groups in total. The zero-order valence-electron chi connectivity index (χ0n) is 12.5. The van der Waals surface area contributed by atoms with Crippen LogP contribution >= 0.6 is 11.6 Å². The number of ether oxygens (including phenoxy) is 3. The van der Waals surface area contributed by atoms with Crippen molar-refractivity contribution in [2.45, 2.75) is 44.2 Å². The first-order valence-corrected chi connectivity index (χ1v) is 7.54. The molecular weight excluding hydrogens is 326 g/mol. The molecule has 0 bridgehead atoms. The van der Waals surface area contributed by atoms with Gasteiger partial charge in [-0.05, 0) is 25.4 Å². The molecule has 2 saturated heterocycles. The van der Waals surface area contributed by atoms with E-state index in [1.54, 1.807) is 18.4 Å². The van der Waals surface area contributed by atoms with Crippen LogP contribution < -0.4 is 5.73 Å². The average molecular weight is 342 g/mol. The number of nitrogen functional groups attached to an aromatic ring is 1. The SMILES string of the molecule is CC1(C)OCC2OC(n3cnc4c(N)nc(Cl)nc43)C(O)C2O1. The summed E-state index contributed by atoms with van der Waals surface area (Å²) in [4.78, 5) is 12.2. The van der Waals surface area contributed by atoms with Gasteiger partial charge in [0.25, 0.3) is 0 Å². The molecule has 23 heavy (non-hydrogen) atoms. The maximum absolute atomic E-state index is 10.6. The lowest BCUT2D eigenvalue weighted by molar-refractivity contribution is -0.300. The Bertz CT molecular complexity index is 766. The van der Waals surface area contributed by atoms with E-state index in [9.17, 15) is 5.11 Å². The normalized spacial score (nSPS) is 33.0. The van der Waals surface area contributed by atoms with E-state index in [0.29, 0.717) is 17.8 Å². The quantitative estimate of drug-likeness (QED) is 0.719. The number of anilines is 1. The number of hydrogen-bond donors (Lipinski definition) is 2. The van der Waals surface area contributed by atoms with E-state index in [1.165, 1.54) is 6.33 Å². The number of nitrogens with two attached hydrogens (primary N) is 1. The van der Waals surface area contributed by atoms with Gasteiger partial charge in [0.05, 0.1) is 12.9 Å². The van der Waals surface area contributed by atoms with Gasteiger partial charge in [-0.15, -0.1) is 0 Å². The largest absolute Gasteiger partial charge is 0.386 e. The molecule has 4 atom stereocenters. The zero-order valence-corrected chi connectivity index (χ0v) is 13.3. The first kappa shape index (κ1) is 15.0. The molecule has 2 aromatic heterocycles. The fraction of sp³-hybridized carbons (Fsp3) is 0.615. The predicted octanol–water partition coefficient (Wildman–Crippen LogP) is 0.472. The summed E-state index contributed by atoms with van der Waals surface area (Å²) >= 11 is 5.86. The number of rotatable bonds is 1. The van der Waals surface area contributed by atoms with Gasteiger partial charge in [-0.1, -0.05) is 0 Å². The number of halogens is 1. The Hall–Kier alpha value is -1.52. The molecule has 4 unspecified atom stereocenters. The smallest absolute Gasteiger partial charge is 0.226 e. The first-order chi connectivity index (χ1) is 10.9. The van der Waals surface area contributed by atoms with Crippen LogP contribution in [0.3, 0.4) is 0 Å². The minimum absolute atomic E-state index is 0.00219. The van der Waals surface area contributed by atoms with Crippen LogP contribution in [0.4, 0.5) is 5.82 Å². The number of aromatic nitrogens is 4. The molecule has 2 aliphatic rings. The summed E-state index contributed by atoms with van der Waals surface area (Å²) in [5.41, 5.74) is 6.59. The van der Waals surface area contributed by atoms with Crippen molar-refractivity contribution in [3.8, 4) is 0 Å². The lowest BCUT2D eigenvalue weighted by Crippen LogP contribution is -2.50. The number of imidazole rings is 1. The van der Waals surface area contributed by atoms with E-state index in [-0.39, 0.29) is 17.2 Å². The van der Waals surface area contributed by atoms with Gasteiger partial charge in [0, 0.05) is 0 Å². The van der Waals surface area contributed by atoms with Gasteiger partial charge in [-0.25, -0.2) is 4.98 Å². The monoisotopic (exact) mass is 341 g/mol. The Labute approximate surface area is 136 Å². The van der Waals surface area contributed by atoms with E-state index in [0.717, 1.165) is 0 Å². The molecule has 2 aromatic rings. The number of fused-ring (bicyclic) bond motifs is 2. The van der Waals surface area contributed by atoms with E-state index >= 15 is 0 Å². The minimum Gasteiger partial charge on any atom is -0.386 e. The lowest BCUT2D eigenvalue weighted by Gasteiger charge is -2.37. The molecule has 4 heterocycles. The maximum atomic E-state index is 10.6. The van der Waals surface area contributed by atoms with Gasteiger partial charge in [0.15, 0.2) is 23.5 Å². The Balaban J connectivity index is 1.72. The summed E-state index contributed by atoms with van der Waals surface area (Å²) < 4.78 is 18.8. The highest BCUT2D eigenvalue weighted by atomic mass is 35.5. The highest BCUT2D eigenvalue weighted by molar-refractivity contribution is 6.28. The fourth-order valence-electron chi connectivity index (χ4n) is 2.97. The van der Waals surface area contributed by atoms with Gasteiger partial charge in [0.1, 0.15) is 23.8 Å². The molecule has 0 radical (unpaired) electrons. The van der Waals surface area contributed by atoms with Crippen LogP contribution in [-0.4, -0.2) is 55.3 Å². The highest BCUT2D eigenvalue weighted by Gasteiger charge is 2.51. The maximum Gasteiger partial charge on any atom is 0.226 e. The third kappa shape index (κ3) is 2.36. The Morgan fingerprint density at radius 2 is 2.22 bits per heavy atom. The van der Waals surface area contributed by atoms with Crippen molar-refractivity contribution in [2.24, 2.45) is 0 Å². The van der Waals surface area contributed by atoms with Crippen LogP contribution in [-0.2, 0) is 14.2 Å². The van der Waals surface area contributed by atoms with E-state index < -0.39 is 24.2 Å². The predicted molar refractivity (Wildman–Crippen MR) is 79.6 cm³/mol. The van der Waals surface area contributed by atoms with Crippen LogP contribution in [0.25, 0.3) is 11.2 Å². The summed E-state index contributed by atoms with van der Waals surface area (Å²) in [6, 6.07) is 0. The van der Waals surface area contributed by atoms with Crippen LogP contribution in [0.1, 0.15) is 20.1 Å². The summed E-state index contributed by atoms with van der Waals surface area (Å²) in [6.07, 6.45) is -1.03. The summed E-state index contributed by atoms with van der Waals surface area (Å²) in [5, 5.41) is 10.6. The average Bonchev–Trinajstić information content (AvgIpc) is 3.00. The van der Waals surface area contributed by atoms with Crippen molar-refractivity contribution >= 4 is 28.6 Å². The molecule has 4 rings (SSSR count). The third-order valence-corrected chi connectivity index (χ3v) is 4.19. The van der Waals surface area contributed by atoms with Crippen LogP contribution in [0.15, 0.2) is 6.33 Å². The van der Waals surface area contributed by atoms with Crippen molar-refractivity contribution in [3.63, 3.8) is 0 Å². The second kappa shape index (κ2) is 4.99. The van der Waals surface area contributed by atoms with E-state index in [1.807, 2.05) is 0 Å². The molecule has 0 spiro atoms. The molecule has 2 fully saturated rings. The minimum atomic E-state index is -0.907. The molecular formula is C13H16ClN5O4. The fourth-order valence-corrected chi connectivity index (χ4v) is 3.14. The number of aliphatic hydroxyl groups excluding tert-OH is 1. The molecule has 0 aliphatic carbocycles. The lowest BCUT2D eigenvalue weighted by atomic mass is 10.1. The molecule has 124 valence electrons. The van der Waals surface area contributed by atoms with Gasteiger partial charge in [0.2, 0.25) is 5.28 Å². The molecule has 0 aromatic carbocycles. The highest BCUT2D eigenvalue weighted by Crippen LogP contribution is 2.38. The van der Waals surface area contributed by atoms with Gasteiger partial charge < -0.3 is 25.1 Å². The standard InChI is InChI=1S/C13H16ClN5O4/c1-13(2)21-3-5-8(23-13)7(20)11(22-5)19-4-16-6-9(15)17-12(14)18-10(6)19/h4-5,7-8,11,20H,3H2,1-2H3,(H2,15,17,18). The van der Waals surface area contributed by atoms with Crippen LogP contribution in [0, 0.1) is 0 Å². The number of nitrogens with zero attached hydrogens (tertiary/aromatic N) is 4. The first-order valence-electron chi connectivity index (χ1n) is 7.16. The second-order valence-electron chi connectivity index (χ2n) is 6.05. The van der Waals surface area contributed by atoms with Crippen molar-refractivity contribution < 1.29 is 19.3 Å². The van der Waals surface area contributed by atoms with Crippen molar-refractivity contribution in [2.75, 3.05) is 12.3 Å². The number of aliphatic hydroxyl groups is 1. The Morgan fingerprint density at radius 3 is 3.00 bits per heavy atom. The Morgan fingerprint density at radius 1 is 1.43 bits per heavy atom. The molecule has 0 saturated carbocycles. The molecule has 10 heteroatoms. The van der Waals surface area contributed by atoms with Crippen molar-refractivity contribution in [3.05, 3.63) is 11.6 Å². The molecule has 2 aliphatic heterocycles. The molecule has 0 amide bonds. The van der Waals surface area contributed by atoms with Crippen LogP contribution in [0.5, 0.6) is 0 Å². The van der Waals surface area contributed by atoms with E-state index in [4.69, 9.17) is 31.5 Å². The van der Waals surface area contributed by atoms with Gasteiger partial charge in [-0.3, -0.25) is 4.57 Å². The molecule has 9 nitrogen and oxygen atoms in total. The van der Waals surface area contributed by atoms with E-state index in [2.05, 4.69) is 15.0 Å². The zero-order chi connectivity index (χ0) is 16.4. The topological polar surface area (TPSA) is 118 Å². The van der Waals surface area contributed by atoms with Crippen molar-refractivity contribution in [1.82, 2.24) is 19.5 Å². The third-order valence-electron chi connectivity index (χ3n) is 4.02. The summed E-state index contributed by atoms with van der Waals surface area (Å²) in [6.45, 7) is 3.92. The summed E-state index contributed by atoms with van der Waals surface area (Å²) in [5.74, 6) is -0.600.